The van der Waals surface area contributed by atoms with Gasteiger partial charge in [-0.15, -0.1) is 10.2 Å². The maximum absolute atomic E-state index is 13.5. The number of aliphatic hydroxyl groups is 1. The molecule has 5 rings (SSSR count). The number of halogens is 1. The van der Waals surface area contributed by atoms with E-state index in [4.69, 9.17) is 9.47 Å². The number of amides is 1. The minimum Gasteiger partial charge on any atom is -0.507 e. The largest absolute Gasteiger partial charge is 0.507 e. The van der Waals surface area contributed by atoms with Crippen LogP contribution in [0.5, 0.6) is 11.5 Å². The van der Waals surface area contributed by atoms with E-state index in [0.29, 0.717) is 32.7 Å². The number of aromatic nitrogens is 2. The Labute approximate surface area is 243 Å². The van der Waals surface area contributed by atoms with Crippen molar-refractivity contribution in [3.8, 4) is 11.5 Å². The molecule has 0 aliphatic carbocycles. The third kappa shape index (κ3) is 6.01. The maximum atomic E-state index is 13.5. The van der Waals surface area contributed by atoms with E-state index in [1.54, 1.807) is 66.7 Å². The number of aliphatic hydroxyl groups excluding tert-OH is 1. The van der Waals surface area contributed by atoms with Gasteiger partial charge in [0, 0.05) is 11.3 Å². The molecule has 1 aromatic heterocycles. The molecule has 0 spiro atoms. The Hall–Kier alpha value is -4.48. The van der Waals surface area contributed by atoms with Crippen LogP contribution in [-0.2, 0) is 15.3 Å². The quantitative estimate of drug-likeness (QED) is 0.0585. The summed E-state index contributed by atoms with van der Waals surface area (Å²) in [6.45, 7) is 3.93. The number of hydrogen-bond donors (Lipinski definition) is 1. The van der Waals surface area contributed by atoms with Crippen molar-refractivity contribution in [3.63, 3.8) is 0 Å². The van der Waals surface area contributed by atoms with Crippen molar-refractivity contribution in [2.24, 2.45) is 0 Å². The van der Waals surface area contributed by atoms with E-state index in [2.05, 4.69) is 16.8 Å². The molecule has 1 aliphatic heterocycles. The minimum absolute atomic E-state index is 0.0863. The van der Waals surface area contributed by atoms with Gasteiger partial charge < -0.3 is 14.6 Å². The maximum Gasteiger partial charge on any atom is 0.301 e. The summed E-state index contributed by atoms with van der Waals surface area (Å²) in [7, 11) is 1.52. The van der Waals surface area contributed by atoms with E-state index in [-0.39, 0.29) is 28.9 Å². The molecule has 4 aromatic rings. The lowest BCUT2D eigenvalue weighted by molar-refractivity contribution is -0.132. The Morgan fingerprint density at radius 1 is 1.10 bits per heavy atom. The first kappa shape index (κ1) is 28.1. The molecule has 1 amide bonds. The van der Waals surface area contributed by atoms with Crippen LogP contribution < -0.4 is 14.4 Å². The van der Waals surface area contributed by atoms with Crippen LogP contribution in [0.2, 0.25) is 0 Å². The minimum atomic E-state index is -0.993. The third-order valence-electron chi connectivity index (χ3n) is 6.23. The lowest BCUT2D eigenvalue weighted by atomic mass is 9.95. The van der Waals surface area contributed by atoms with Gasteiger partial charge in [-0.1, -0.05) is 60.0 Å². The number of ketones is 1. The van der Waals surface area contributed by atoms with Crippen LogP contribution in [0.25, 0.3) is 5.76 Å². The van der Waals surface area contributed by atoms with Gasteiger partial charge >= 0.3 is 5.91 Å². The second-order valence-corrected chi connectivity index (χ2v) is 11.0. The molecule has 0 bridgehead atoms. The van der Waals surface area contributed by atoms with Crippen molar-refractivity contribution in [3.05, 3.63) is 114 Å². The summed E-state index contributed by atoms with van der Waals surface area (Å²) >= 11 is 2.52. The molecule has 0 saturated carbocycles. The fraction of sp³-hybridized carbons (Fsp3) is 0.133. The topological polar surface area (TPSA) is 102 Å². The average Bonchev–Trinajstić information content (AvgIpc) is 3.57. The van der Waals surface area contributed by atoms with E-state index < -0.39 is 17.7 Å². The number of carbonyl (C=O) groups excluding carboxylic acids is 2. The summed E-state index contributed by atoms with van der Waals surface area (Å²) in [6, 6.07) is 18.6. The van der Waals surface area contributed by atoms with Crippen LogP contribution in [0.15, 0.2) is 95.4 Å². The van der Waals surface area contributed by atoms with E-state index in [1.807, 2.05) is 0 Å². The number of carbonyl (C=O) groups is 2. The molecule has 208 valence electrons. The summed E-state index contributed by atoms with van der Waals surface area (Å²) in [5.74, 6) is -0.745. The number of Topliss-reactive ketones (excluding diaryl/α,β-unsaturated/α-hetero) is 1. The molecule has 2 heterocycles. The Kier molecular flexibility index (Phi) is 8.46. The van der Waals surface area contributed by atoms with Crippen LogP contribution >= 0.6 is 23.1 Å². The molecule has 41 heavy (non-hydrogen) atoms. The Bertz CT molecular complexity index is 1620. The molecule has 1 saturated heterocycles. The molecular formula is C30H24FN3O5S2. The predicted octanol–water partition coefficient (Wildman–Crippen LogP) is 6.17. The zero-order chi connectivity index (χ0) is 28.9. The van der Waals surface area contributed by atoms with Crippen LogP contribution in [0.4, 0.5) is 9.52 Å². The summed E-state index contributed by atoms with van der Waals surface area (Å²) in [5, 5.41) is 20.0. The number of methoxy groups -OCH3 is 1. The van der Waals surface area contributed by atoms with Gasteiger partial charge in [-0.2, -0.15) is 0 Å². The van der Waals surface area contributed by atoms with Crippen LogP contribution in [0.3, 0.4) is 0 Å². The zero-order valence-corrected chi connectivity index (χ0v) is 23.5. The fourth-order valence-electron chi connectivity index (χ4n) is 4.26. The van der Waals surface area contributed by atoms with Crippen LogP contribution in [0.1, 0.15) is 22.7 Å². The van der Waals surface area contributed by atoms with E-state index in [9.17, 15) is 19.1 Å². The number of hydrogen-bond acceptors (Lipinski definition) is 9. The average molecular weight is 590 g/mol. The molecule has 1 aliphatic rings. The summed E-state index contributed by atoms with van der Waals surface area (Å²) < 4.78 is 24.7. The second kappa shape index (κ2) is 12.4. The van der Waals surface area contributed by atoms with E-state index >= 15 is 0 Å². The van der Waals surface area contributed by atoms with Gasteiger partial charge in [-0.25, -0.2) is 4.39 Å². The highest BCUT2D eigenvalue weighted by molar-refractivity contribution is 8.00. The number of nitrogens with zero attached hydrogens (tertiary/aromatic N) is 3. The Morgan fingerprint density at radius 3 is 2.56 bits per heavy atom. The fourth-order valence-corrected chi connectivity index (χ4v) is 6.09. The summed E-state index contributed by atoms with van der Waals surface area (Å²) in [5.41, 5.74) is 1.69. The molecule has 0 radical (unpaired) electrons. The van der Waals surface area contributed by atoms with Gasteiger partial charge in [0.05, 0.1) is 18.7 Å². The van der Waals surface area contributed by atoms with Gasteiger partial charge in [-0.3, -0.25) is 14.5 Å². The standard InChI is InChI=1S/C30H24FN3O5S2/c1-3-15-39-23-6-4-5-20(16-23)25-24(26(35)19-9-13-22(38-2)14-10-19)27(36)28(37)34(25)29-32-33-30(41-29)40-17-18-7-11-21(31)12-8-18/h3-14,16,25,35H,1,15,17H2,2H3. The molecule has 1 fully saturated rings. The van der Waals surface area contributed by atoms with Crippen LogP contribution in [-0.4, -0.2) is 40.7 Å². The normalized spacial score (nSPS) is 16.1. The Balaban J connectivity index is 1.54. The SMILES string of the molecule is C=CCOc1cccc(C2C(=C(O)c3ccc(OC)cc3)C(=O)C(=O)N2c2nnc(SCc3ccc(F)cc3)s2)c1. The highest BCUT2D eigenvalue weighted by atomic mass is 32.2. The summed E-state index contributed by atoms with van der Waals surface area (Å²) in [4.78, 5) is 28.2. The molecule has 1 unspecified atom stereocenters. The molecule has 11 heteroatoms. The molecule has 8 nitrogen and oxygen atoms in total. The van der Waals surface area contributed by atoms with Crippen molar-refractivity contribution in [1.82, 2.24) is 10.2 Å². The second-order valence-electron chi connectivity index (χ2n) is 8.84. The van der Waals surface area contributed by atoms with Gasteiger partial charge in [-0.05, 0) is 59.7 Å². The van der Waals surface area contributed by atoms with Gasteiger partial charge in [0.2, 0.25) is 5.13 Å². The predicted molar refractivity (Wildman–Crippen MR) is 156 cm³/mol. The number of benzene rings is 3. The van der Waals surface area contributed by atoms with Crippen molar-refractivity contribution >= 4 is 45.7 Å². The van der Waals surface area contributed by atoms with Gasteiger partial charge in [0.25, 0.3) is 5.78 Å². The highest BCUT2D eigenvalue weighted by Gasteiger charge is 2.48. The molecule has 3 aromatic carbocycles. The number of ether oxygens (including phenoxy) is 2. The van der Waals surface area contributed by atoms with Crippen molar-refractivity contribution < 1.29 is 28.6 Å². The number of thioether (sulfide) groups is 1. The van der Waals surface area contributed by atoms with E-state index in [1.165, 1.54) is 35.9 Å². The monoisotopic (exact) mass is 589 g/mol. The van der Waals surface area contributed by atoms with Gasteiger partial charge in [0.15, 0.2) is 4.34 Å². The zero-order valence-electron chi connectivity index (χ0n) is 21.8. The van der Waals surface area contributed by atoms with Crippen molar-refractivity contribution in [2.45, 2.75) is 16.1 Å². The number of anilines is 1. The van der Waals surface area contributed by atoms with Gasteiger partial charge in [0.1, 0.15) is 29.7 Å². The van der Waals surface area contributed by atoms with E-state index in [0.717, 1.165) is 16.9 Å². The number of rotatable bonds is 10. The van der Waals surface area contributed by atoms with Crippen molar-refractivity contribution in [2.75, 3.05) is 18.6 Å². The smallest absolute Gasteiger partial charge is 0.301 e. The van der Waals surface area contributed by atoms with Crippen molar-refractivity contribution in [1.29, 1.82) is 0 Å². The third-order valence-corrected chi connectivity index (χ3v) is 8.35. The highest BCUT2D eigenvalue weighted by Crippen LogP contribution is 2.44. The Morgan fingerprint density at radius 2 is 1.85 bits per heavy atom. The molecule has 1 N–H and O–H groups in total. The molecular weight excluding hydrogens is 565 g/mol. The van der Waals surface area contributed by atoms with Crippen LogP contribution in [0, 0.1) is 5.82 Å². The first-order valence-corrected chi connectivity index (χ1v) is 14.2. The lowest BCUT2D eigenvalue weighted by Crippen LogP contribution is -2.29. The molecule has 1 atom stereocenters. The first-order chi connectivity index (χ1) is 19.9. The lowest BCUT2D eigenvalue weighted by Gasteiger charge is -2.23. The first-order valence-electron chi connectivity index (χ1n) is 12.4. The summed E-state index contributed by atoms with van der Waals surface area (Å²) in [6.07, 6.45) is 1.61.